The zero-order valence-corrected chi connectivity index (χ0v) is 23.8. The highest BCUT2D eigenvalue weighted by Gasteiger charge is 2.34. The molecule has 0 saturated carbocycles. The third-order valence-electron chi connectivity index (χ3n) is 6.65. The van der Waals surface area contributed by atoms with Gasteiger partial charge in [-0.2, -0.15) is 0 Å². The number of rotatable bonds is 7. The number of anilines is 1. The number of benzene rings is 1. The smallest absolute Gasteiger partial charge is 0.408 e. The van der Waals surface area contributed by atoms with E-state index in [1.54, 1.807) is 39.5 Å². The maximum absolute atomic E-state index is 15.5. The lowest BCUT2D eigenvalue weighted by atomic mass is 10.1. The van der Waals surface area contributed by atoms with E-state index in [2.05, 4.69) is 15.8 Å². The molecule has 0 aliphatic carbocycles. The summed E-state index contributed by atoms with van der Waals surface area (Å²) in [7, 11) is 0. The van der Waals surface area contributed by atoms with Gasteiger partial charge < -0.3 is 29.5 Å². The fraction of sp³-hybridized carbons (Fsp3) is 0.464. The predicted molar refractivity (Wildman–Crippen MR) is 148 cm³/mol. The molecule has 2 N–H and O–H groups in total. The summed E-state index contributed by atoms with van der Waals surface area (Å²) in [5.74, 6) is -1.68. The Morgan fingerprint density at radius 2 is 1.98 bits per heavy atom. The summed E-state index contributed by atoms with van der Waals surface area (Å²) in [5, 5.41) is 9.33. The minimum Gasteiger partial charge on any atom is -0.462 e. The van der Waals surface area contributed by atoms with Crippen LogP contribution in [-0.4, -0.2) is 65.1 Å². The average Bonchev–Trinajstić information content (AvgIpc) is 3.53. The van der Waals surface area contributed by atoms with Crippen LogP contribution in [0.4, 0.5) is 14.9 Å². The van der Waals surface area contributed by atoms with Crippen molar-refractivity contribution >= 4 is 34.6 Å². The van der Waals surface area contributed by atoms with Gasteiger partial charge in [0.2, 0.25) is 11.3 Å². The summed E-state index contributed by atoms with van der Waals surface area (Å²) in [4.78, 5) is 52.3. The highest BCUT2D eigenvalue weighted by Crippen LogP contribution is 2.31. The number of hydrogen-bond donors (Lipinski definition) is 2. The molecule has 1 aliphatic heterocycles. The maximum Gasteiger partial charge on any atom is 0.408 e. The Morgan fingerprint density at radius 3 is 2.61 bits per heavy atom. The first-order chi connectivity index (χ1) is 19.3. The molecule has 41 heavy (non-hydrogen) atoms. The van der Waals surface area contributed by atoms with Crippen molar-refractivity contribution in [1.29, 1.82) is 0 Å². The van der Waals surface area contributed by atoms with E-state index in [4.69, 9.17) is 14.0 Å². The van der Waals surface area contributed by atoms with E-state index in [9.17, 15) is 19.2 Å². The summed E-state index contributed by atoms with van der Waals surface area (Å²) < 4.78 is 32.2. The van der Waals surface area contributed by atoms with Gasteiger partial charge in [0.15, 0.2) is 5.82 Å². The molecule has 2 aromatic heterocycles. The fourth-order valence-electron chi connectivity index (χ4n) is 4.66. The third kappa shape index (κ3) is 6.50. The summed E-state index contributed by atoms with van der Waals surface area (Å²) in [6.07, 6.45) is 1.93. The van der Waals surface area contributed by atoms with Gasteiger partial charge in [-0.25, -0.2) is 14.0 Å². The average molecular weight is 572 g/mol. The largest absolute Gasteiger partial charge is 0.462 e. The molecule has 1 saturated heterocycles. The minimum absolute atomic E-state index is 0.0288. The normalized spacial score (nSPS) is 17.8. The Morgan fingerprint density at radius 1 is 1.24 bits per heavy atom. The number of esters is 1. The van der Waals surface area contributed by atoms with Crippen LogP contribution in [0.1, 0.15) is 51.9 Å². The van der Waals surface area contributed by atoms with Crippen LogP contribution in [0, 0.1) is 11.7 Å². The van der Waals surface area contributed by atoms with Gasteiger partial charge in [0, 0.05) is 25.4 Å². The second kappa shape index (κ2) is 11.6. The number of pyridine rings is 1. The quantitative estimate of drug-likeness (QED) is 0.409. The highest BCUT2D eigenvalue weighted by atomic mass is 19.1. The number of amides is 2. The molecule has 3 heterocycles. The van der Waals surface area contributed by atoms with Crippen molar-refractivity contribution in [3.63, 3.8) is 0 Å². The molecule has 3 atom stereocenters. The molecular formula is C28H34FN5O7. The Bertz CT molecular complexity index is 1510. The lowest BCUT2D eigenvalue weighted by molar-refractivity contribution is -0.123. The first-order valence-electron chi connectivity index (χ1n) is 13.3. The summed E-state index contributed by atoms with van der Waals surface area (Å²) in [5.41, 5.74) is -1.12. The number of carbonyl (C=O) groups excluding carboxylic acids is 3. The van der Waals surface area contributed by atoms with E-state index in [1.165, 1.54) is 29.2 Å². The van der Waals surface area contributed by atoms with Crippen molar-refractivity contribution in [2.75, 3.05) is 24.6 Å². The van der Waals surface area contributed by atoms with E-state index < -0.39 is 40.9 Å². The summed E-state index contributed by atoms with van der Waals surface area (Å²) in [6.45, 7) is 11.0. The van der Waals surface area contributed by atoms with Crippen LogP contribution >= 0.6 is 0 Å². The van der Waals surface area contributed by atoms with Crippen molar-refractivity contribution in [3.05, 3.63) is 52.3 Å². The first kappa shape index (κ1) is 29.6. The number of alkyl carbamates (subject to hydrolysis) is 1. The molecule has 4 rings (SSSR count). The predicted octanol–water partition coefficient (Wildman–Crippen LogP) is 3.15. The van der Waals surface area contributed by atoms with Crippen LogP contribution in [0.25, 0.3) is 16.7 Å². The van der Waals surface area contributed by atoms with Gasteiger partial charge in [-0.1, -0.05) is 12.1 Å². The van der Waals surface area contributed by atoms with Crippen LogP contribution in [-0.2, 0) is 14.3 Å². The zero-order chi connectivity index (χ0) is 30.1. The zero-order valence-electron chi connectivity index (χ0n) is 23.8. The van der Waals surface area contributed by atoms with Crippen molar-refractivity contribution in [3.8, 4) is 5.82 Å². The minimum atomic E-state index is -0.853. The molecule has 1 aliphatic rings. The molecule has 0 bridgehead atoms. The molecule has 2 amide bonds. The van der Waals surface area contributed by atoms with Crippen molar-refractivity contribution in [2.45, 2.75) is 59.2 Å². The third-order valence-corrected chi connectivity index (χ3v) is 6.65. The summed E-state index contributed by atoms with van der Waals surface area (Å²) >= 11 is 0. The number of hydrogen-bond acceptors (Lipinski definition) is 9. The number of halogens is 1. The number of ether oxygens (including phenoxy) is 2. The monoisotopic (exact) mass is 571 g/mol. The van der Waals surface area contributed by atoms with Gasteiger partial charge in [-0.15, -0.1) is 0 Å². The van der Waals surface area contributed by atoms with Crippen LogP contribution in [0.2, 0.25) is 0 Å². The molecular weight excluding hydrogens is 537 g/mol. The van der Waals surface area contributed by atoms with Gasteiger partial charge in [0.1, 0.15) is 29.3 Å². The van der Waals surface area contributed by atoms with Gasteiger partial charge in [0.05, 0.1) is 29.2 Å². The van der Waals surface area contributed by atoms with Crippen molar-refractivity contribution in [2.24, 2.45) is 5.92 Å². The fourth-order valence-corrected chi connectivity index (χ4v) is 4.66. The number of carbonyl (C=O) groups is 3. The van der Waals surface area contributed by atoms with Crippen molar-refractivity contribution in [1.82, 2.24) is 20.4 Å². The van der Waals surface area contributed by atoms with E-state index in [1.807, 2.05) is 6.92 Å². The summed E-state index contributed by atoms with van der Waals surface area (Å²) in [6, 6.07) is 2.95. The lowest BCUT2D eigenvalue weighted by Crippen LogP contribution is -2.50. The highest BCUT2D eigenvalue weighted by molar-refractivity contribution is 5.95. The number of nitrogens with zero attached hydrogens (tertiary/aromatic N) is 3. The van der Waals surface area contributed by atoms with E-state index >= 15 is 4.39 Å². The molecule has 1 aromatic carbocycles. The van der Waals surface area contributed by atoms with Crippen LogP contribution in [0.15, 0.2) is 40.0 Å². The molecule has 0 spiro atoms. The molecule has 13 heteroatoms. The Hall–Kier alpha value is -4.42. The Balaban J connectivity index is 1.60. The number of nitrogens with one attached hydrogen (secondary N) is 2. The van der Waals surface area contributed by atoms with Crippen LogP contribution in [0.5, 0.6) is 0 Å². The number of fused-ring (bicyclic) bond motifs is 1. The van der Waals surface area contributed by atoms with E-state index in [-0.39, 0.29) is 47.6 Å². The van der Waals surface area contributed by atoms with Crippen LogP contribution in [0.3, 0.4) is 0 Å². The lowest BCUT2D eigenvalue weighted by Gasteiger charge is -2.23. The molecule has 3 aromatic rings. The molecule has 12 nitrogen and oxygen atoms in total. The van der Waals surface area contributed by atoms with Gasteiger partial charge in [0.25, 0.3) is 0 Å². The van der Waals surface area contributed by atoms with E-state index in [0.717, 1.165) is 6.07 Å². The maximum atomic E-state index is 15.5. The van der Waals surface area contributed by atoms with Crippen molar-refractivity contribution < 1.29 is 32.8 Å². The molecule has 0 unspecified atom stereocenters. The van der Waals surface area contributed by atoms with Gasteiger partial charge >= 0.3 is 12.1 Å². The van der Waals surface area contributed by atoms with Gasteiger partial charge in [-0.3, -0.25) is 14.2 Å². The topological polar surface area (TPSA) is 145 Å². The molecule has 0 radical (unpaired) electrons. The second-order valence-corrected chi connectivity index (χ2v) is 11.0. The second-order valence-electron chi connectivity index (χ2n) is 11.0. The standard InChI is InChI=1S/C28H34FN5O7/c1-7-39-26(37)18-13-34(23-8-9-40-32-23)21-11-22(19(29)10-17(21)24(18)35)33-12-15(2)20(14-33)31-25(36)16(3)30-27(38)41-28(4,5)6/h8-11,13,15-16,20H,7,12,14H2,1-6H3,(H,30,38)(H,31,36)/t15-,16-,20+/m0/s1. The van der Waals surface area contributed by atoms with Crippen LogP contribution < -0.4 is 21.0 Å². The Kier molecular flexibility index (Phi) is 8.36. The van der Waals surface area contributed by atoms with Gasteiger partial charge in [-0.05, 0) is 52.7 Å². The number of aromatic nitrogens is 2. The molecule has 1 fully saturated rings. The molecule has 220 valence electrons. The SMILES string of the molecule is CCOC(=O)c1cn(-c2ccon2)c2cc(N3C[C@H](C)[C@H](NC(=O)[C@H](C)NC(=O)OC(C)(C)C)C3)c(F)cc2c1=O. The Labute approximate surface area is 235 Å². The first-order valence-corrected chi connectivity index (χ1v) is 13.3. The van der Waals surface area contributed by atoms with E-state index in [0.29, 0.717) is 12.1 Å².